The van der Waals surface area contributed by atoms with E-state index in [-0.39, 0.29) is 11.3 Å². The van der Waals surface area contributed by atoms with E-state index in [1.807, 2.05) is 19.1 Å². The first-order valence-corrected chi connectivity index (χ1v) is 11.6. The molecule has 2 aromatic carbocycles. The number of carbonyl (C=O) groups is 2. The van der Waals surface area contributed by atoms with Crippen LogP contribution in [0.25, 0.3) is 22.4 Å². The zero-order valence-electron chi connectivity index (χ0n) is 19.2. The standard InChI is InChI=1S/C28H21FN2O4/c1-13(15-6-8-19-20(10-15)28(34)31-27(19)33)23-18-5-3-4-16(18)11-21-24(32)14(2)25(35-26(21)23)22-9-7-17(29)12-30-22/h6-13H,3-5H2,1-2H3,(H,31,33,34). The quantitative estimate of drug-likeness (QED) is 0.435. The molecule has 0 fully saturated rings. The molecule has 1 unspecified atom stereocenters. The van der Waals surface area contributed by atoms with Gasteiger partial charge in [-0.05, 0) is 73.2 Å². The van der Waals surface area contributed by atoms with Crippen molar-refractivity contribution in [3.63, 3.8) is 0 Å². The SMILES string of the molecule is Cc1c(-c2ccc(F)cn2)oc2c(C(C)c3ccc4c(c3)C(=O)NC4=O)c3c(cc2c1=O)CCC3. The number of aromatic nitrogens is 1. The van der Waals surface area contributed by atoms with Gasteiger partial charge in [0.25, 0.3) is 11.8 Å². The van der Waals surface area contributed by atoms with E-state index < -0.39 is 17.6 Å². The van der Waals surface area contributed by atoms with Crippen LogP contribution in [0.4, 0.5) is 4.39 Å². The van der Waals surface area contributed by atoms with E-state index in [0.29, 0.717) is 39.1 Å². The van der Waals surface area contributed by atoms with Crippen molar-refractivity contribution in [2.24, 2.45) is 0 Å². The lowest BCUT2D eigenvalue weighted by Crippen LogP contribution is -2.19. The summed E-state index contributed by atoms with van der Waals surface area (Å²) in [5.41, 5.74) is 5.88. The third-order valence-electron chi connectivity index (χ3n) is 7.18. The molecular weight excluding hydrogens is 447 g/mol. The molecule has 1 atom stereocenters. The Labute approximate surface area is 199 Å². The van der Waals surface area contributed by atoms with Crippen LogP contribution >= 0.6 is 0 Å². The number of imide groups is 1. The van der Waals surface area contributed by atoms with Crippen LogP contribution in [0, 0.1) is 12.7 Å². The van der Waals surface area contributed by atoms with Gasteiger partial charge < -0.3 is 4.42 Å². The molecule has 0 saturated heterocycles. The van der Waals surface area contributed by atoms with E-state index in [2.05, 4.69) is 10.3 Å². The van der Waals surface area contributed by atoms with Crippen LogP contribution in [-0.4, -0.2) is 16.8 Å². The lowest BCUT2D eigenvalue weighted by Gasteiger charge is -2.20. The first-order valence-electron chi connectivity index (χ1n) is 11.6. The van der Waals surface area contributed by atoms with E-state index in [9.17, 15) is 18.8 Å². The average Bonchev–Trinajstić information content (AvgIpc) is 3.44. The van der Waals surface area contributed by atoms with Gasteiger partial charge in [-0.1, -0.05) is 13.0 Å². The summed E-state index contributed by atoms with van der Waals surface area (Å²) in [6.45, 7) is 3.71. The van der Waals surface area contributed by atoms with Crippen LogP contribution < -0.4 is 10.7 Å². The molecule has 4 aromatic rings. The highest BCUT2D eigenvalue weighted by atomic mass is 19.1. The van der Waals surface area contributed by atoms with Gasteiger partial charge in [0.05, 0.1) is 22.7 Å². The predicted molar refractivity (Wildman–Crippen MR) is 128 cm³/mol. The van der Waals surface area contributed by atoms with Gasteiger partial charge in [0.1, 0.15) is 17.1 Å². The number of nitrogens with zero attached hydrogens (tertiary/aromatic N) is 1. The van der Waals surface area contributed by atoms with Crippen LogP contribution in [0.15, 0.2) is 51.8 Å². The molecule has 0 radical (unpaired) electrons. The number of amides is 2. The van der Waals surface area contributed by atoms with Gasteiger partial charge in [0.15, 0.2) is 11.2 Å². The highest BCUT2D eigenvalue weighted by Crippen LogP contribution is 2.40. The predicted octanol–water partition coefficient (Wildman–Crippen LogP) is 4.83. The lowest BCUT2D eigenvalue weighted by molar-refractivity contribution is 0.0879. The Bertz CT molecular complexity index is 1640. The summed E-state index contributed by atoms with van der Waals surface area (Å²) in [6, 6.07) is 9.98. The molecule has 0 bridgehead atoms. The van der Waals surface area contributed by atoms with Gasteiger partial charge >= 0.3 is 0 Å². The minimum absolute atomic E-state index is 0.144. The fraction of sp³-hybridized carbons (Fsp3) is 0.214. The molecule has 6 nitrogen and oxygen atoms in total. The number of rotatable bonds is 3. The maximum Gasteiger partial charge on any atom is 0.258 e. The molecule has 2 amide bonds. The Balaban J connectivity index is 1.61. The second-order valence-corrected chi connectivity index (χ2v) is 9.22. The van der Waals surface area contributed by atoms with Gasteiger partial charge in [-0.25, -0.2) is 9.37 Å². The van der Waals surface area contributed by atoms with Crippen molar-refractivity contribution in [3.05, 3.63) is 97.6 Å². The Morgan fingerprint density at radius 2 is 1.83 bits per heavy atom. The molecule has 2 aliphatic rings. The number of aryl methyl sites for hydroxylation is 1. The fourth-order valence-corrected chi connectivity index (χ4v) is 5.35. The zero-order chi connectivity index (χ0) is 24.4. The smallest absolute Gasteiger partial charge is 0.258 e. The Morgan fingerprint density at radius 1 is 1.03 bits per heavy atom. The number of hydrogen-bond acceptors (Lipinski definition) is 5. The fourth-order valence-electron chi connectivity index (χ4n) is 5.35. The highest BCUT2D eigenvalue weighted by Gasteiger charge is 2.30. The number of benzene rings is 2. The van der Waals surface area contributed by atoms with Gasteiger partial charge in [0, 0.05) is 17.0 Å². The van der Waals surface area contributed by atoms with Crippen LogP contribution in [0.5, 0.6) is 0 Å². The molecule has 1 aliphatic carbocycles. The summed E-state index contributed by atoms with van der Waals surface area (Å²) in [5, 5.41) is 2.84. The van der Waals surface area contributed by atoms with Crippen molar-refractivity contribution in [2.75, 3.05) is 0 Å². The number of carbonyl (C=O) groups excluding carboxylic acids is 2. The highest BCUT2D eigenvalue weighted by molar-refractivity contribution is 6.21. The Hall–Kier alpha value is -4.13. The second-order valence-electron chi connectivity index (χ2n) is 9.22. The third kappa shape index (κ3) is 3.22. The third-order valence-corrected chi connectivity index (χ3v) is 7.18. The number of pyridine rings is 1. The summed E-state index contributed by atoms with van der Waals surface area (Å²) >= 11 is 0. The second kappa shape index (κ2) is 7.70. The summed E-state index contributed by atoms with van der Waals surface area (Å²) in [5.74, 6) is -1.17. The molecule has 0 saturated carbocycles. The molecule has 2 aromatic heterocycles. The summed E-state index contributed by atoms with van der Waals surface area (Å²) < 4.78 is 19.9. The topological polar surface area (TPSA) is 89.3 Å². The van der Waals surface area contributed by atoms with Gasteiger partial charge in [-0.15, -0.1) is 0 Å². The van der Waals surface area contributed by atoms with Gasteiger partial charge in [0.2, 0.25) is 0 Å². The zero-order valence-corrected chi connectivity index (χ0v) is 19.2. The first kappa shape index (κ1) is 21.4. The molecule has 7 heteroatoms. The summed E-state index contributed by atoms with van der Waals surface area (Å²) in [4.78, 5) is 41.9. The molecule has 174 valence electrons. The number of fused-ring (bicyclic) bond motifs is 3. The van der Waals surface area contributed by atoms with Gasteiger partial charge in [-0.2, -0.15) is 0 Å². The molecular formula is C28H21FN2O4. The molecule has 1 aliphatic heterocycles. The Kier molecular flexibility index (Phi) is 4.71. The monoisotopic (exact) mass is 468 g/mol. The van der Waals surface area contributed by atoms with Crippen molar-refractivity contribution < 1.29 is 18.4 Å². The largest absolute Gasteiger partial charge is 0.454 e. The number of nitrogens with one attached hydrogen (secondary N) is 1. The van der Waals surface area contributed by atoms with Crippen molar-refractivity contribution in [1.29, 1.82) is 0 Å². The van der Waals surface area contributed by atoms with Crippen LogP contribution in [0.1, 0.15) is 67.8 Å². The average molecular weight is 468 g/mol. The maximum absolute atomic E-state index is 13.5. The Morgan fingerprint density at radius 3 is 2.60 bits per heavy atom. The molecule has 6 rings (SSSR count). The van der Waals surface area contributed by atoms with Crippen molar-refractivity contribution >= 4 is 22.8 Å². The van der Waals surface area contributed by atoms with Crippen molar-refractivity contribution in [3.8, 4) is 11.5 Å². The van der Waals surface area contributed by atoms with Crippen LogP contribution in [-0.2, 0) is 12.8 Å². The van der Waals surface area contributed by atoms with E-state index in [4.69, 9.17) is 4.42 Å². The van der Waals surface area contributed by atoms with Crippen LogP contribution in [0.2, 0.25) is 0 Å². The van der Waals surface area contributed by atoms with E-state index in [1.54, 1.807) is 19.1 Å². The first-order chi connectivity index (χ1) is 16.8. The summed E-state index contributed by atoms with van der Waals surface area (Å²) in [6.07, 6.45) is 3.82. The number of halogens is 1. The maximum atomic E-state index is 13.5. The molecule has 35 heavy (non-hydrogen) atoms. The van der Waals surface area contributed by atoms with E-state index in [0.717, 1.165) is 47.7 Å². The summed E-state index contributed by atoms with van der Waals surface area (Å²) in [7, 11) is 0. The molecule has 1 N–H and O–H groups in total. The van der Waals surface area contributed by atoms with E-state index in [1.165, 1.54) is 12.1 Å². The minimum atomic E-state index is -0.471. The molecule has 0 spiro atoms. The number of hydrogen-bond donors (Lipinski definition) is 1. The van der Waals surface area contributed by atoms with Gasteiger partial charge in [-0.3, -0.25) is 19.7 Å². The van der Waals surface area contributed by atoms with Crippen molar-refractivity contribution in [2.45, 2.75) is 39.0 Å². The minimum Gasteiger partial charge on any atom is -0.454 e. The lowest BCUT2D eigenvalue weighted by atomic mass is 9.85. The normalized spacial score (nSPS) is 15.3. The van der Waals surface area contributed by atoms with Crippen LogP contribution in [0.3, 0.4) is 0 Å². The van der Waals surface area contributed by atoms with Crippen molar-refractivity contribution in [1.82, 2.24) is 10.3 Å². The van der Waals surface area contributed by atoms with E-state index >= 15 is 0 Å². The molecule has 3 heterocycles.